The van der Waals surface area contributed by atoms with Crippen molar-refractivity contribution in [1.82, 2.24) is 0 Å². The van der Waals surface area contributed by atoms with Gasteiger partial charge in [-0.2, -0.15) is 13.2 Å². The molecule has 122 valence electrons. The summed E-state index contributed by atoms with van der Waals surface area (Å²) >= 11 is 0. The molecular weight excluding hydrogens is 265 g/mol. The van der Waals surface area contributed by atoms with Crippen LogP contribution < -0.4 is 0 Å². The highest BCUT2D eigenvalue weighted by molar-refractivity contribution is 4.76. The summed E-state index contributed by atoms with van der Waals surface area (Å²) in [4.78, 5) is 0. The molecule has 0 amide bonds. The van der Waals surface area contributed by atoms with E-state index in [2.05, 4.69) is 13.8 Å². The molecule has 0 rings (SSSR count). The van der Waals surface area contributed by atoms with Gasteiger partial charge in [0, 0.05) is 0 Å². The second-order valence-corrected chi connectivity index (χ2v) is 5.79. The lowest BCUT2D eigenvalue weighted by Gasteiger charge is -2.27. The van der Waals surface area contributed by atoms with E-state index in [9.17, 15) is 13.2 Å². The summed E-state index contributed by atoms with van der Waals surface area (Å²) in [6, 6.07) is 0. The van der Waals surface area contributed by atoms with Gasteiger partial charge in [-0.05, 0) is 18.8 Å². The molecule has 0 aliphatic heterocycles. The molecule has 0 radical (unpaired) electrons. The Hall–Kier alpha value is -0.250. The molecule has 4 heteroatoms. The zero-order valence-electron chi connectivity index (χ0n) is 13.0. The van der Waals surface area contributed by atoms with Crippen molar-refractivity contribution in [3.8, 4) is 0 Å². The zero-order chi connectivity index (χ0) is 15.4. The molecule has 1 nitrogen and oxygen atoms in total. The van der Waals surface area contributed by atoms with E-state index in [4.69, 9.17) is 5.11 Å². The number of rotatable bonds is 12. The number of aliphatic hydroxyl groups is 1. The molecular formula is C16H31F3O. The first kappa shape index (κ1) is 19.8. The van der Waals surface area contributed by atoms with Crippen LogP contribution in [-0.4, -0.2) is 17.9 Å². The maximum atomic E-state index is 13.0. The molecule has 0 bridgehead atoms. The summed E-state index contributed by atoms with van der Waals surface area (Å²) in [7, 11) is 0. The van der Waals surface area contributed by atoms with Gasteiger partial charge >= 0.3 is 6.18 Å². The van der Waals surface area contributed by atoms with Crippen molar-refractivity contribution in [2.45, 2.75) is 84.2 Å². The van der Waals surface area contributed by atoms with Crippen LogP contribution in [-0.2, 0) is 0 Å². The molecule has 0 aromatic heterocycles. The van der Waals surface area contributed by atoms with Crippen LogP contribution in [0.3, 0.4) is 0 Å². The highest BCUT2D eigenvalue weighted by Gasteiger charge is 2.43. The second kappa shape index (κ2) is 11.4. The van der Waals surface area contributed by atoms with Gasteiger partial charge in [0.15, 0.2) is 0 Å². The van der Waals surface area contributed by atoms with Crippen molar-refractivity contribution in [1.29, 1.82) is 0 Å². The fourth-order valence-corrected chi connectivity index (χ4v) is 2.73. The maximum absolute atomic E-state index is 13.0. The highest BCUT2D eigenvalue weighted by atomic mass is 19.4. The van der Waals surface area contributed by atoms with Gasteiger partial charge in [0.05, 0.1) is 12.5 Å². The molecule has 0 spiro atoms. The molecule has 0 aliphatic carbocycles. The molecule has 0 fully saturated rings. The molecule has 0 aliphatic rings. The Balaban J connectivity index is 4.35. The lowest BCUT2D eigenvalue weighted by Crippen LogP contribution is -2.33. The largest absolute Gasteiger partial charge is 0.396 e. The third-order valence-corrected chi connectivity index (χ3v) is 4.04. The quantitative estimate of drug-likeness (QED) is 0.457. The average Bonchev–Trinajstić information content (AvgIpc) is 2.38. The first-order valence-corrected chi connectivity index (χ1v) is 8.14. The summed E-state index contributed by atoms with van der Waals surface area (Å²) in [6.07, 6.45) is 4.95. The zero-order valence-corrected chi connectivity index (χ0v) is 13.0. The van der Waals surface area contributed by atoms with Crippen molar-refractivity contribution in [3.05, 3.63) is 0 Å². The normalized spacial score (nSPS) is 13.9. The van der Waals surface area contributed by atoms with Gasteiger partial charge in [0.2, 0.25) is 0 Å². The number of halogens is 3. The van der Waals surface area contributed by atoms with Crippen molar-refractivity contribution >= 4 is 0 Å². The molecule has 0 saturated heterocycles. The Morgan fingerprint density at radius 3 is 1.55 bits per heavy atom. The van der Waals surface area contributed by atoms with Gasteiger partial charge in [-0.1, -0.05) is 65.2 Å². The lowest BCUT2D eigenvalue weighted by molar-refractivity contribution is -0.200. The van der Waals surface area contributed by atoms with Crippen LogP contribution in [0.4, 0.5) is 13.2 Å². The molecule has 0 unspecified atom stereocenters. The van der Waals surface area contributed by atoms with E-state index in [1.165, 1.54) is 0 Å². The summed E-state index contributed by atoms with van der Waals surface area (Å²) in [6.45, 7) is 3.42. The summed E-state index contributed by atoms with van der Waals surface area (Å²) in [5.74, 6) is -1.94. The fraction of sp³-hybridized carbons (Fsp3) is 1.00. The molecule has 20 heavy (non-hydrogen) atoms. The van der Waals surface area contributed by atoms with E-state index < -0.39 is 24.6 Å². The van der Waals surface area contributed by atoms with Gasteiger partial charge in [-0.25, -0.2) is 0 Å². The summed E-state index contributed by atoms with van der Waals surface area (Å²) < 4.78 is 38.9. The van der Waals surface area contributed by atoms with Crippen molar-refractivity contribution in [2.75, 3.05) is 6.61 Å². The van der Waals surface area contributed by atoms with Crippen molar-refractivity contribution in [2.24, 2.45) is 11.8 Å². The number of unbranched alkanes of at least 4 members (excludes halogenated alkanes) is 6. The fourth-order valence-electron chi connectivity index (χ4n) is 2.73. The third kappa shape index (κ3) is 8.83. The van der Waals surface area contributed by atoms with E-state index in [0.717, 1.165) is 51.4 Å². The van der Waals surface area contributed by atoms with Crippen molar-refractivity contribution < 1.29 is 18.3 Å². The minimum absolute atomic E-state index is 0.409. The third-order valence-electron chi connectivity index (χ3n) is 4.04. The van der Waals surface area contributed by atoms with Crippen molar-refractivity contribution in [3.63, 3.8) is 0 Å². The Morgan fingerprint density at radius 1 is 0.800 bits per heavy atom. The molecule has 0 aromatic carbocycles. The van der Waals surface area contributed by atoms with Gasteiger partial charge in [-0.3, -0.25) is 0 Å². The molecule has 0 aromatic rings. The van der Waals surface area contributed by atoms with Crippen LogP contribution in [0, 0.1) is 11.8 Å². The van der Waals surface area contributed by atoms with Crippen LogP contribution in [0.15, 0.2) is 0 Å². The standard InChI is InChI=1S/C16H31F3O/c1-3-5-7-9-11-14(12-10-8-6-4-2)15(13-20)16(17,18)19/h14-15,20H,3-13H2,1-2H3/t15-/m1/s1. The molecule has 1 N–H and O–H groups in total. The predicted molar refractivity (Wildman–Crippen MR) is 77.6 cm³/mol. The first-order valence-electron chi connectivity index (χ1n) is 8.14. The second-order valence-electron chi connectivity index (χ2n) is 5.79. The van der Waals surface area contributed by atoms with Crippen LogP contribution >= 0.6 is 0 Å². The SMILES string of the molecule is CCCCCCC(CCCCCC)[C@@H](CO)C(F)(F)F. The van der Waals surface area contributed by atoms with Crippen LogP contribution in [0.2, 0.25) is 0 Å². The first-order chi connectivity index (χ1) is 9.47. The maximum Gasteiger partial charge on any atom is 0.394 e. The van der Waals surface area contributed by atoms with E-state index in [0.29, 0.717) is 12.8 Å². The topological polar surface area (TPSA) is 20.2 Å². The Kier molecular flexibility index (Phi) is 11.3. The summed E-state index contributed by atoms with van der Waals surface area (Å²) in [5.41, 5.74) is 0. The van der Waals surface area contributed by atoms with E-state index in [1.807, 2.05) is 0 Å². The monoisotopic (exact) mass is 296 g/mol. The average molecular weight is 296 g/mol. The Labute approximate surface area is 122 Å². The predicted octanol–water partition coefficient (Wildman–Crippen LogP) is 5.71. The number of hydrogen-bond acceptors (Lipinski definition) is 1. The van der Waals surface area contributed by atoms with Crippen LogP contribution in [0.1, 0.15) is 78.1 Å². The molecule has 1 atom stereocenters. The number of aliphatic hydroxyl groups excluding tert-OH is 1. The van der Waals surface area contributed by atoms with Crippen LogP contribution in [0.25, 0.3) is 0 Å². The Morgan fingerprint density at radius 2 is 1.25 bits per heavy atom. The minimum Gasteiger partial charge on any atom is -0.396 e. The summed E-state index contributed by atoms with van der Waals surface area (Å²) in [5, 5.41) is 9.12. The smallest absolute Gasteiger partial charge is 0.394 e. The molecule has 0 saturated carbocycles. The number of hydrogen-bond donors (Lipinski definition) is 1. The van der Waals surface area contributed by atoms with Gasteiger partial charge in [0.25, 0.3) is 0 Å². The van der Waals surface area contributed by atoms with Crippen LogP contribution in [0.5, 0.6) is 0 Å². The Bertz CT molecular complexity index is 204. The lowest BCUT2D eigenvalue weighted by atomic mass is 9.83. The van der Waals surface area contributed by atoms with E-state index in [1.54, 1.807) is 0 Å². The molecule has 0 heterocycles. The highest BCUT2D eigenvalue weighted by Crippen LogP contribution is 2.37. The number of alkyl halides is 3. The van der Waals surface area contributed by atoms with Gasteiger partial charge < -0.3 is 5.11 Å². The van der Waals surface area contributed by atoms with Gasteiger partial charge in [0.1, 0.15) is 0 Å². The minimum atomic E-state index is -4.27. The van der Waals surface area contributed by atoms with Gasteiger partial charge in [-0.15, -0.1) is 0 Å². The van der Waals surface area contributed by atoms with E-state index >= 15 is 0 Å². The van der Waals surface area contributed by atoms with E-state index in [-0.39, 0.29) is 0 Å².